The van der Waals surface area contributed by atoms with Crippen molar-refractivity contribution in [3.05, 3.63) is 29.3 Å². The molecule has 2 N–H and O–H groups in total. The van der Waals surface area contributed by atoms with Crippen LogP contribution in [0, 0.1) is 0 Å². The number of rotatable bonds is 6. The monoisotopic (exact) mass is 235 g/mol. The van der Waals surface area contributed by atoms with E-state index in [1.807, 2.05) is 6.07 Å². The largest absolute Gasteiger partial charge is 0.493 e. The van der Waals surface area contributed by atoms with E-state index in [2.05, 4.69) is 24.4 Å². The summed E-state index contributed by atoms with van der Waals surface area (Å²) in [5.41, 5.74) is 2.82. The summed E-state index contributed by atoms with van der Waals surface area (Å²) in [5, 5.41) is 12.2. The summed E-state index contributed by atoms with van der Waals surface area (Å²) in [6.45, 7) is 3.93. The molecule has 2 rings (SSSR count). The van der Waals surface area contributed by atoms with Crippen LogP contribution in [0.5, 0.6) is 5.75 Å². The molecule has 1 unspecified atom stereocenters. The first-order chi connectivity index (χ1) is 8.35. The van der Waals surface area contributed by atoms with E-state index >= 15 is 0 Å². The van der Waals surface area contributed by atoms with Gasteiger partial charge in [0.15, 0.2) is 0 Å². The molecule has 0 radical (unpaired) electrons. The van der Waals surface area contributed by atoms with Crippen LogP contribution in [0.4, 0.5) is 0 Å². The van der Waals surface area contributed by atoms with E-state index in [0.717, 1.165) is 18.7 Å². The molecule has 0 saturated heterocycles. The first kappa shape index (κ1) is 12.4. The summed E-state index contributed by atoms with van der Waals surface area (Å²) in [7, 11) is 0. The number of benzene rings is 1. The van der Waals surface area contributed by atoms with Crippen molar-refractivity contribution in [1.29, 1.82) is 0 Å². The zero-order chi connectivity index (χ0) is 12.1. The number of aliphatic hydroxyl groups excluding tert-OH is 1. The zero-order valence-electron chi connectivity index (χ0n) is 10.4. The van der Waals surface area contributed by atoms with E-state index < -0.39 is 0 Å². The summed E-state index contributed by atoms with van der Waals surface area (Å²) in [6.07, 6.45) is 3.00. The Bertz CT molecular complexity index is 365. The highest BCUT2D eigenvalue weighted by Crippen LogP contribution is 2.33. The number of hydrogen-bond acceptors (Lipinski definition) is 3. The second kappa shape index (κ2) is 6.03. The zero-order valence-corrected chi connectivity index (χ0v) is 10.4. The van der Waals surface area contributed by atoms with Crippen LogP contribution in [0.25, 0.3) is 0 Å². The maximum Gasteiger partial charge on any atom is 0.119 e. The molecule has 0 aliphatic heterocycles. The fourth-order valence-electron chi connectivity index (χ4n) is 2.40. The summed E-state index contributed by atoms with van der Waals surface area (Å²) in [5.74, 6) is 0.925. The van der Waals surface area contributed by atoms with Crippen molar-refractivity contribution in [2.45, 2.75) is 32.2 Å². The standard InChI is InChI=1S/C14H21NO2/c1-2-15-14-7-4-11-10-12(5-6-13(11)14)17-9-3-8-16/h5-6,10,14-16H,2-4,7-9H2,1H3. The van der Waals surface area contributed by atoms with Gasteiger partial charge in [-0.3, -0.25) is 0 Å². The molecule has 0 amide bonds. The van der Waals surface area contributed by atoms with Gasteiger partial charge in [-0.2, -0.15) is 0 Å². The van der Waals surface area contributed by atoms with Crippen molar-refractivity contribution in [2.75, 3.05) is 19.8 Å². The van der Waals surface area contributed by atoms with Crippen LogP contribution in [0.2, 0.25) is 0 Å². The van der Waals surface area contributed by atoms with Crippen LogP contribution in [0.1, 0.15) is 36.9 Å². The van der Waals surface area contributed by atoms with Crippen LogP contribution in [-0.4, -0.2) is 24.9 Å². The summed E-state index contributed by atoms with van der Waals surface area (Å²) in [6, 6.07) is 6.86. The first-order valence-corrected chi connectivity index (χ1v) is 6.45. The van der Waals surface area contributed by atoms with Crippen LogP contribution in [0.15, 0.2) is 18.2 Å². The highest BCUT2D eigenvalue weighted by atomic mass is 16.5. The predicted molar refractivity (Wildman–Crippen MR) is 68.4 cm³/mol. The van der Waals surface area contributed by atoms with Crippen molar-refractivity contribution >= 4 is 0 Å². The van der Waals surface area contributed by atoms with Gasteiger partial charge in [0.1, 0.15) is 5.75 Å². The van der Waals surface area contributed by atoms with Crippen molar-refractivity contribution in [3.8, 4) is 5.75 Å². The van der Waals surface area contributed by atoms with Gasteiger partial charge in [-0.05, 0) is 42.6 Å². The number of aryl methyl sites for hydroxylation is 1. The molecule has 1 aromatic rings. The number of nitrogens with one attached hydrogen (secondary N) is 1. The molecule has 3 nitrogen and oxygen atoms in total. The number of hydrogen-bond donors (Lipinski definition) is 2. The maximum atomic E-state index is 8.70. The van der Waals surface area contributed by atoms with Crippen LogP contribution in [0.3, 0.4) is 0 Å². The Morgan fingerprint density at radius 3 is 3.12 bits per heavy atom. The molecule has 1 atom stereocenters. The Morgan fingerprint density at radius 1 is 1.47 bits per heavy atom. The molecule has 0 aromatic heterocycles. The molecule has 0 heterocycles. The SMILES string of the molecule is CCNC1CCc2cc(OCCCO)ccc21. The van der Waals surface area contributed by atoms with Crippen LogP contribution in [-0.2, 0) is 6.42 Å². The van der Waals surface area contributed by atoms with Gasteiger partial charge in [-0.1, -0.05) is 13.0 Å². The van der Waals surface area contributed by atoms with E-state index in [0.29, 0.717) is 19.1 Å². The van der Waals surface area contributed by atoms with E-state index in [1.165, 1.54) is 17.5 Å². The topological polar surface area (TPSA) is 41.5 Å². The lowest BCUT2D eigenvalue weighted by atomic mass is 10.1. The van der Waals surface area contributed by atoms with Crippen molar-refractivity contribution < 1.29 is 9.84 Å². The van der Waals surface area contributed by atoms with Crippen molar-refractivity contribution in [1.82, 2.24) is 5.32 Å². The Balaban J connectivity index is 2.01. The maximum absolute atomic E-state index is 8.70. The van der Waals surface area contributed by atoms with Gasteiger partial charge in [-0.15, -0.1) is 0 Å². The van der Waals surface area contributed by atoms with E-state index in [-0.39, 0.29) is 6.61 Å². The minimum absolute atomic E-state index is 0.188. The summed E-state index contributed by atoms with van der Waals surface area (Å²) >= 11 is 0. The Morgan fingerprint density at radius 2 is 2.35 bits per heavy atom. The van der Waals surface area contributed by atoms with Gasteiger partial charge in [0.25, 0.3) is 0 Å². The average Bonchev–Trinajstić information content (AvgIpc) is 2.73. The Kier molecular flexibility index (Phi) is 4.40. The van der Waals surface area contributed by atoms with Gasteiger partial charge >= 0.3 is 0 Å². The van der Waals surface area contributed by atoms with Gasteiger partial charge in [0, 0.05) is 19.1 Å². The Labute approximate surface area is 103 Å². The molecule has 1 aromatic carbocycles. The van der Waals surface area contributed by atoms with E-state index in [1.54, 1.807) is 0 Å². The fourth-order valence-corrected chi connectivity index (χ4v) is 2.40. The molecule has 1 aliphatic carbocycles. The Hall–Kier alpha value is -1.06. The molecular formula is C14H21NO2. The predicted octanol–water partition coefficient (Wildman–Crippen LogP) is 2.04. The van der Waals surface area contributed by atoms with Crippen molar-refractivity contribution in [2.24, 2.45) is 0 Å². The highest BCUT2D eigenvalue weighted by molar-refractivity contribution is 5.40. The molecular weight excluding hydrogens is 214 g/mol. The van der Waals surface area contributed by atoms with Crippen LogP contribution >= 0.6 is 0 Å². The molecule has 0 bridgehead atoms. The number of ether oxygens (including phenoxy) is 1. The van der Waals surface area contributed by atoms with E-state index in [9.17, 15) is 0 Å². The number of aliphatic hydroxyl groups is 1. The second-order valence-corrected chi connectivity index (χ2v) is 4.44. The minimum atomic E-state index is 0.188. The third kappa shape index (κ3) is 2.99. The molecule has 0 spiro atoms. The molecule has 0 saturated carbocycles. The molecule has 94 valence electrons. The third-order valence-electron chi connectivity index (χ3n) is 3.21. The molecule has 3 heteroatoms. The molecule has 1 aliphatic rings. The van der Waals surface area contributed by atoms with Gasteiger partial charge in [0.05, 0.1) is 6.61 Å². The molecule has 0 fully saturated rings. The summed E-state index contributed by atoms with van der Waals surface area (Å²) < 4.78 is 5.59. The average molecular weight is 235 g/mol. The lowest BCUT2D eigenvalue weighted by Gasteiger charge is -2.13. The fraction of sp³-hybridized carbons (Fsp3) is 0.571. The summed E-state index contributed by atoms with van der Waals surface area (Å²) in [4.78, 5) is 0. The van der Waals surface area contributed by atoms with Crippen LogP contribution < -0.4 is 10.1 Å². The van der Waals surface area contributed by atoms with Gasteiger partial charge in [0.2, 0.25) is 0 Å². The smallest absolute Gasteiger partial charge is 0.119 e. The second-order valence-electron chi connectivity index (χ2n) is 4.44. The first-order valence-electron chi connectivity index (χ1n) is 6.45. The van der Waals surface area contributed by atoms with Crippen molar-refractivity contribution in [3.63, 3.8) is 0 Å². The van der Waals surface area contributed by atoms with E-state index in [4.69, 9.17) is 9.84 Å². The third-order valence-corrected chi connectivity index (χ3v) is 3.21. The molecule has 17 heavy (non-hydrogen) atoms. The van der Waals surface area contributed by atoms with Gasteiger partial charge in [-0.25, -0.2) is 0 Å². The lowest BCUT2D eigenvalue weighted by Crippen LogP contribution is -2.18. The highest BCUT2D eigenvalue weighted by Gasteiger charge is 2.21. The lowest BCUT2D eigenvalue weighted by molar-refractivity contribution is 0.233. The normalized spacial score (nSPS) is 18.1. The number of fused-ring (bicyclic) bond motifs is 1. The minimum Gasteiger partial charge on any atom is -0.493 e. The van der Waals surface area contributed by atoms with Gasteiger partial charge < -0.3 is 15.2 Å². The quantitative estimate of drug-likeness (QED) is 0.741.